The molecule has 0 radical (unpaired) electrons. The highest BCUT2D eigenvalue weighted by Gasteiger charge is 2.33. The molecule has 0 N–H and O–H groups in total. The number of anilines is 2. The summed E-state index contributed by atoms with van der Waals surface area (Å²) in [5, 5.41) is 1.06. The number of aromatic nitrogens is 2. The molecular weight excluding hydrogens is 452 g/mol. The van der Waals surface area contributed by atoms with Crippen molar-refractivity contribution >= 4 is 43.1 Å². The van der Waals surface area contributed by atoms with Gasteiger partial charge in [0, 0.05) is 42.1 Å². The molecule has 2 aromatic carbocycles. The Bertz CT molecular complexity index is 1460. The number of para-hydroxylation sites is 1. The average molecular weight is 477 g/mol. The SMILES string of the molecule is Cc1ccc(S(=O)(=O)N2CCc3sc4ncnc(N5CCCC5)c4c3-c3ccccc32)cc1. The zero-order chi connectivity index (χ0) is 22.6. The fourth-order valence-electron chi connectivity index (χ4n) is 4.91. The van der Waals surface area contributed by atoms with Crippen molar-refractivity contribution in [1.29, 1.82) is 0 Å². The van der Waals surface area contributed by atoms with Crippen LogP contribution in [-0.2, 0) is 16.4 Å². The average Bonchev–Trinajstić information content (AvgIpc) is 3.44. The summed E-state index contributed by atoms with van der Waals surface area (Å²) < 4.78 is 29.0. The second-order valence-electron chi connectivity index (χ2n) is 8.63. The van der Waals surface area contributed by atoms with E-state index in [1.165, 1.54) is 4.88 Å². The monoisotopic (exact) mass is 476 g/mol. The number of hydrogen-bond acceptors (Lipinski definition) is 6. The van der Waals surface area contributed by atoms with Gasteiger partial charge in [-0.3, -0.25) is 4.31 Å². The van der Waals surface area contributed by atoms with E-state index in [0.717, 1.165) is 58.7 Å². The lowest BCUT2D eigenvalue weighted by molar-refractivity contribution is 0.591. The van der Waals surface area contributed by atoms with E-state index in [9.17, 15) is 8.42 Å². The van der Waals surface area contributed by atoms with Crippen LogP contribution in [0.25, 0.3) is 21.3 Å². The first-order valence-corrected chi connectivity index (χ1v) is 13.5. The summed E-state index contributed by atoms with van der Waals surface area (Å²) in [6, 6.07) is 14.9. The summed E-state index contributed by atoms with van der Waals surface area (Å²) in [4.78, 5) is 14.1. The van der Waals surface area contributed by atoms with Gasteiger partial charge in [-0.15, -0.1) is 11.3 Å². The van der Waals surface area contributed by atoms with Gasteiger partial charge in [-0.1, -0.05) is 35.9 Å². The van der Waals surface area contributed by atoms with E-state index < -0.39 is 10.0 Å². The molecule has 0 saturated carbocycles. The van der Waals surface area contributed by atoms with Gasteiger partial charge in [0.1, 0.15) is 17.0 Å². The van der Waals surface area contributed by atoms with Crippen LogP contribution >= 0.6 is 11.3 Å². The van der Waals surface area contributed by atoms with Crippen LogP contribution in [0.15, 0.2) is 59.8 Å². The minimum atomic E-state index is -3.69. The smallest absolute Gasteiger partial charge is 0.264 e. The lowest BCUT2D eigenvalue weighted by Gasteiger charge is -2.25. The Morgan fingerprint density at radius 1 is 0.939 bits per heavy atom. The van der Waals surface area contributed by atoms with E-state index in [0.29, 0.717) is 23.5 Å². The van der Waals surface area contributed by atoms with Crippen LogP contribution in [0.1, 0.15) is 23.3 Å². The van der Waals surface area contributed by atoms with Crippen molar-refractivity contribution in [2.75, 3.05) is 28.8 Å². The Morgan fingerprint density at radius 2 is 1.70 bits per heavy atom. The lowest BCUT2D eigenvalue weighted by Crippen LogP contribution is -2.32. The van der Waals surface area contributed by atoms with E-state index >= 15 is 0 Å². The minimum absolute atomic E-state index is 0.319. The van der Waals surface area contributed by atoms with E-state index in [-0.39, 0.29) is 0 Å². The Kier molecular flexibility index (Phi) is 4.88. The highest BCUT2D eigenvalue weighted by atomic mass is 32.2. The van der Waals surface area contributed by atoms with Gasteiger partial charge in [0.25, 0.3) is 10.0 Å². The number of fused-ring (bicyclic) bond motifs is 5. The third kappa shape index (κ3) is 3.31. The van der Waals surface area contributed by atoms with Crippen molar-refractivity contribution in [3.63, 3.8) is 0 Å². The van der Waals surface area contributed by atoms with Crippen LogP contribution < -0.4 is 9.21 Å². The van der Waals surface area contributed by atoms with Crippen molar-refractivity contribution in [3.05, 3.63) is 65.3 Å². The third-order valence-electron chi connectivity index (χ3n) is 6.54. The maximum Gasteiger partial charge on any atom is 0.264 e. The van der Waals surface area contributed by atoms with E-state index in [2.05, 4.69) is 14.9 Å². The normalized spacial score (nSPS) is 16.0. The maximum atomic E-state index is 13.7. The Balaban J connectivity index is 1.56. The minimum Gasteiger partial charge on any atom is -0.356 e. The number of aryl methyl sites for hydroxylation is 1. The summed E-state index contributed by atoms with van der Waals surface area (Å²) >= 11 is 1.66. The van der Waals surface area contributed by atoms with Crippen LogP contribution in [0, 0.1) is 6.92 Å². The molecule has 8 heteroatoms. The van der Waals surface area contributed by atoms with Gasteiger partial charge in [0.2, 0.25) is 0 Å². The molecule has 168 valence electrons. The topological polar surface area (TPSA) is 66.4 Å². The van der Waals surface area contributed by atoms with E-state index in [4.69, 9.17) is 0 Å². The fraction of sp³-hybridized carbons (Fsp3) is 0.280. The molecule has 0 aliphatic carbocycles. The highest BCUT2D eigenvalue weighted by molar-refractivity contribution is 7.92. The quantitative estimate of drug-likeness (QED) is 0.415. The second-order valence-corrected chi connectivity index (χ2v) is 11.6. The maximum absolute atomic E-state index is 13.7. The van der Waals surface area contributed by atoms with Gasteiger partial charge in [-0.05, 0) is 38.0 Å². The molecule has 4 heterocycles. The molecular formula is C25H24N4O2S2. The molecule has 2 aliphatic rings. The van der Waals surface area contributed by atoms with Gasteiger partial charge < -0.3 is 4.90 Å². The molecule has 6 rings (SSSR count). The van der Waals surface area contributed by atoms with E-state index in [1.807, 2.05) is 43.3 Å². The van der Waals surface area contributed by atoms with Crippen LogP contribution in [0.5, 0.6) is 0 Å². The zero-order valence-corrected chi connectivity index (χ0v) is 20.0. The molecule has 1 saturated heterocycles. The van der Waals surface area contributed by atoms with Crippen molar-refractivity contribution < 1.29 is 8.42 Å². The van der Waals surface area contributed by atoms with Crippen molar-refractivity contribution in [2.45, 2.75) is 31.1 Å². The molecule has 0 atom stereocenters. The Labute approximate surface area is 197 Å². The zero-order valence-electron chi connectivity index (χ0n) is 18.4. The lowest BCUT2D eigenvalue weighted by atomic mass is 10.0. The molecule has 0 spiro atoms. The molecule has 6 nitrogen and oxygen atoms in total. The summed E-state index contributed by atoms with van der Waals surface area (Å²) in [6.07, 6.45) is 4.62. The van der Waals surface area contributed by atoms with Crippen LogP contribution in [0.3, 0.4) is 0 Å². The largest absolute Gasteiger partial charge is 0.356 e. The molecule has 2 aliphatic heterocycles. The Hall–Kier alpha value is -2.97. The molecule has 0 bridgehead atoms. The summed E-state index contributed by atoms with van der Waals surface area (Å²) in [5.74, 6) is 0.972. The van der Waals surface area contributed by atoms with Crippen LogP contribution in [-0.4, -0.2) is 38.0 Å². The number of hydrogen-bond donors (Lipinski definition) is 0. The first-order valence-electron chi connectivity index (χ1n) is 11.2. The molecule has 33 heavy (non-hydrogen) atoms. The second kappa shape index (κ2) is 7.81. The highest BCUT2D eigenvalue weighted by Crippen LogP contribution is 2.48. The predicted octanol–water partition coefficient (Wildman–Crippen LogP) is 5.02. The summed E-state index contributed by atoms with van der Waals surface area (Å²) in [5.41, 5.74) is 3.78. The number of rotatable bonds is 3. The molecule has 2 aromatic heterocycles. The molecule has 0 amide bonds. The van der Waals surface area contributed by atoms with Crippen molar-refractivity contribution in [2.24, 2.45) is 0 Å². The van der Waals surface area contributed by atoms with Crippen molar-refractivity contribution in [1.82, 2.24) is 9.97 Å². The predicted molar refractivity (Wildman–Crippen MR) is 134 cm³/mol. The molecule has 4 aromatic rings. The molecule has 1 fully saturated rings. The fourth-order valence-corrected chi connectivity index (χ4v) is 7.53. The van der Waals surface area contributed by atoms with Gasteiger partial charge in [0.05, 0.1) is 16.0 Å². The first kappa shape index (κ1) is 20.6. The van der Waals surface area contributed by atoms with Gasteiger partial charge in [0.15, 0.2) is 0 Å². The van der Waals surface area contributed by atoms with Crippen molar-refractivity contribution in [3.8, 4) is 11.1 Å². The van der Waals surface area contributed by atoms with Gasteiger partial charge in [-0.25, -0.2) is 18.4 Å². The summed E-state index contributed by atoms with van der Waals surface area (Å²) in [6.45, 7) is 4.33. The first-order chi connectivity index (χ1) is 16.0. The van der Waals surface area contributed by atoms with Crippen LogP contribution in [0.4, 0.5) is 11.5 Å². The van der Waals surface area contributed by atoms with E-state index in [1.54, 1.807) is 34.1 Å². The number of benzene rings is 2. The number of nitrogens with zero attached hydrogens (tertiary/aromatic N) is 4. The van der Waals surface area contributed by atoms with Gasteiger partial charge in [-0.2, -0.15) is 0 Å². The number of sulfonamides is 1. The standard InChI is InChI=1S/C25H24N4O2S2/c1-17-8-10-18(11-9-17)33(30,31)29-15-12-21-22(19-6-2-3-7-20(19)29)23-24(28-13-4-5-14-28)26-16-27-25(23)32-21/h2-3,6-11,16H,4-5,12-15H2,1H3. The molecule has 0 unspecified atom stereocenters. The number of thiophene rings is 1. The summed E-state index contributed by atoms with van der Waals surface area (Å²) in [7, 11) is -3.69. The van der Waals surface area contributed by atoms with Gasteiger partial charge >= 0.3 is 0 Å². The third-order valence-corrected chi connectivity index (χ3v) is 9.52. The van der Waals surface area contributed by atoms with Crippen LogP contribution in [0.2, 0.25) is 0 Å². The Morgan fingerprint density at radius 3 is 2.48 bits per heavy atom.